The summed E-state index contributed by atoms with van der Waals surface area (Å²) in [5, 5.41) is 166. The fourth-order valence-corrected chi connectivity index (χ4v) is 16.5. The molecule has 16 N–H and O–H groups in total. The second-order valence-corrected chi connectivity index (χ2v) is 35.6. The van der Waals surface area contributed by atoms with Gasteiger partial charge in [-0.3, -0.25) is 0 Å². The van der Waals surface area contributed by atoms with Gasteiger partial charge in [-0.2, -0.15) is 0 Å². The minimum Gasteiger partial charge on any atom is -0.394 e. The van der Waals surface area contributed by atoms with E-state index in [0.717, 1.165) is 60.4 Å². The fourth-order valence-electron chi connectivity index (χ4n) is 14.0. The zero-order valence-electron chi connectivity index (χ0n) is 123. The number of aryl methyl sites for hydroxylation is 4. The number of aromatic nitrogens is 20. The second kappa shape index (κ2) is 47.3. The predicted molar refractivity (Wildman–Crippen MR) is 530 cm³/mol. The van der Waals surface area contributed by atoms with Crippen molar-refractivity contribution >= 4 is 115 Å². The van der Waals surface area contributed by atoms with E-state index in [-0.39, 0.29) is 87.4 Å². The first-order chi connectivity index (χ1) is 86.2. The van der Waals surface area contributed by atoms with Gasteiger partial charge in [-0.1, -0.05) is 144 Å². The number of fused-ring (bicyclic) bond motifs is 4. The van der Waals surface area contributed by atoms with Crippen molar-refractivity contribution < 1.29 is 161 Å². The molecule has 0 radical (unpaired) electrons. The molecule has 20 rings (SSSR count). The van der Waals surface area contributed by atoms with Gasteiger partial charge < -0.3 is 101 Å². The molecule has 8 aliphatic rings. The van der Waals surface area contributed by atoms with Gasteiger partial charge in [0.1, 0.15) is 71.9 Å². The average Bonchev–Trinajstić information content (AvgIpc) is 1.56. The van der Waals surface area contributed by atoms with Crippen LogP contribution in [-0.2, 0) is 18.9 Å². The standard InChI is InChI=1S/4C24H31FN6O4S/c4*1-3-8-36-24-27-22(26-16-10-14(16)13-5-4-12(2)15(25)9-13)19-23(28-24)31(30-29-19)17-11-18(35-7-6-32)21(34)20(17)33/h4*4-5,9,14,16-18,20-21,32-34H,3,6-8,10-11H2,1-2H3,(H,26,27,28)/t4*14-,16+,17+,18-,20-,21+/m0000/s1/i3D2,6D2,7D2,8D2,11D2,16D,17D,18D,20D,21D;7D2,10D2,11D2,16D,17D,18D,20D,21D;6D2,10D2,11D2,16D,17D,18D,20D,21D;10D2,11D2,16D,17D,18D,20D,21D. The van der Waals surface area contributed by atoms with E-state index in [1.165, 1.54) is 69.3 Å². The van der Waals surface area contributed by atoms with E-state index in [2.05, 4.69) is 107 Å². The molecule has 0 bridgehead atoms. The quantitative estimate of drug-likeness (QED) is 0.00969. The van der Waals surface area contributed by atoms with E-state index in [9.17, 15) is 78.8 Å². The van der Waals surface area contributed by atoms with Crippen LogP contribution >= 0.6 is 47.0 Å². The molecule has 40 nitrogen and oxygen atoms in total. The van der Waals surface area contributed by atoms with E-state index in [1.807, 2.05) is 20.8 Å². The number of thioether (sulfide) groups is 4. The molecule has 8 fully saturated rings. The lowest BCUT2D eigenvalue weighted by atomic mass is 10.1. The Hall–Kier alpha value is -9.52. The number of nitrogens with one attached hydrogen (secondary N) is 4. The molecule has 776 valence electrons. The van der Waals surface area contributed by atoms with Crippen LogP contribution in [0, 0.1) is 51.0 Å². The normalized spacial score (nSPS) is 45.6. The van der Waals surface area contributed by atoms with Crippen molar-refractivity contribution in [3.05, 3.63) is 141 Å². The third-order valence-corrected chi connectivity index (χ3v) is 25.4. The van der Waals surface area contributed by atoms with Crippen molar-refractivity contribution in [2.75, 3.05) is 96.9 Å². The maximum atomic E-state index is 14.4. The monoisotopic (exact) mass is 2120 g/mol. The third kappa shape index (κ3) is 23.8. The van der Waals surface area contributed by atoms with Crippen LogP contribution in [0.4, 0.5) is 40.8 Å². The second-order valence-electron chi connectivity index (χ2n) is 31.6. The topological polar surface area (TPSA) is 554 Å². The number of hydrogen-bond donors (Lipinski definition) is 16. The SMILES string of the molecule is [2H]C([2H])(C)C([2H])([2H])Sc1nc(N[C@]2([2H])C[C@H]2c2ccc(C)c(F)c2)c2nnn([C@]3([2H])C([2H])([2H])[C@]([2H])(OC([2H])([2H])C([2H])([2H])O)[C@@]([2H])(O)[C@@]3([2H])O)c2n1.[2H]C([2H])(CO)O[C@@]1([2H])C([2H])([2H])[C@@]([2H])(n2nnc3c(N[C@@]4([2H])[C@H](c5ccc(C)c(F)c5)C4([2H])[2H])nc(SCCC)nc32)[C@]([2H])(O)[C@]1([2H])O.[2H]C([2H])(O)CO[C@@]1([2H])C([2H])([2H])[C@@]([2H])(n2nnc3c(N[C@@]4([2H])[C@H](c5ccc(C)c(F)c5)C4([2H])[2H])nc(SCCC)nc32)[C@]([2H])(O)[C@]1([2H])O.[2H]C1([2H])[C@@H](c2ccc(C)c(F)c2)[C@]1([2H])Nc1nc(SCCC)nc2c1nnn2[C@]1([2H])C([2H])([2H])[C@]([2H])(OCCO)[C@@]([2H])(O)[C@@]1([2H])O. The zero-order chi connectivity index (χ0) is 143. The number of ether oxygens (including phenoxy) is 4. The molecule has 144 heavy (non-hydrogen) atoms. The van der Waals surface area contributed by atoms with Gasteiger partial charge in [0, 0.05) is 121 Å². The lowest BCUT2D eigenvalue weighted by Gasteiger charge is -2.17. The Morgan fingerprint density at radius 3 is 0.958 bits per heavy atom. The molecule has 8 aliphatic carbocycles. The van der Waals surface area contributed by atoms with Crippen LogP contribution in [0.1, 0.15) is 260 Å². The van der Waals surface area contributed by atoms with Gasteiger partial charge in [-0.25, -0.2) is 76.2 Å². The van der Waals surface area contributed by atoms with Gasteiger partial charge in [0.15, 0.2) is 88.6 Å². The Balaban J connectivity index is 0.000000166. The molecule has 0 unspecified atom stereocenters. The Bertz CT molecular complexity index is 9020. The largest absolute Gasteiger partial charge is 0.394 e. The Kier molecular flexibility index (Phi) is 20.4. The molecule has 8 heterocycles. The molecule has 8 aromatic heterocycles. The number of nitrogens with zero attached hydrogens (tertiary/aromatic N) is 20. The number of benzene rings is 4. The van der Waals surface area contributed by atoms with Crippen molar-refractivity contribution in [2.45, 2.75) is 297 Å². The minimum atomic E-state index is -4.39. The van der Waals surface area contributed by atoms with Crippen LogP contribution in [0.5, 0.6) is 0 Å². The minimum absolute atomic E-state index is 0.00107. The summed E-state index contributed by atoms with van der Waals surface area (Å²) in [5.41, 5.74) is -4.88. The van der Waals surface area contributed by atoms with Crippen LogP contribution in [0.2, 0.25) is 0 Å². The smallest absolute Gasteiger partial charge is 0.191 e. The van der Waals surface area contributed by atoms with Crippen LogP contribution < -0.4 is 21.3 Å². The average molecular weight is 2120 g/mol. The van der Waals surface area contributed by atoms with E-state index >= 15 is 0 Å². The molecule has 0 saturated heterocycles. The number of hydrogen-bond acceptors (Lipinski definition) is 40. The molecule has 12 aromatic rings. The molecular formula is C96H124F4N24O16S4. The molecule has 0 aliphatic heterocycles. The number of aliphatic hydroxyl groups is 12. The highest BCUT2D eigenvalue weighted by atomic mass is 32.2. The van der Waals surface area contributed by atoms with Gasteiger partial charge in [-0.15, -0.1) is 20.4 Å². The molecule has 24 atom stereocenters. The van der Waals surface area contributed by atoms with Gasteiger partial charge in [0.2, 0.25) is 0 Å². The van der Waals surface area contributed by atoms with Crippen LogP contribution in [0.3, 0.4) is 0 Å². The zero-order valence-corrected chi connectivity index (χ0v) is 79.9. The van der Waals surface area contributed by atoms with Crippen molar-refractivity contribution in [3.8, 4) is 0 Å². The molecular weight excluding hydrogens is 1950 g/mol. The number of aliphatic hydroxyl groups excluding tert-OH is 2. The first kappa shape index (κ1) is 62.1. The highest BCUT2D eigenvalue weighted by Crippen LogP contribution is 2.50. The Labute approximate surface area is 908 Å². The number of rotatable bonds is 40. The summed E-state index contributed by atoms with van der Waals surface area (Å²) in [7, 11) is 0. The van der Waals surface area contributed by atoms with Crippen molar-refractivity contribution in [2.24, 2.45) is 0 Å². The molecule has 0 spiro atoms. The molecule has 48 heteroatoms. The van der Waals surface area contributed by atoms with Crippen molar-refractivity contribution in [1.82, 2.24) is 99.8 Å². The highest BCUT2D eigenvalue weighted by Gasteiger charge is 2.51. The summed E-state index contributed by atoms with van der Waals surface area (Å²) in [6.45, 7) is -6.65. The highest BCUT2D eigenvalue weighted by molar-refractivity contribution is 7.99. The van der Waals surface area contributed by atoms with Gasteiger partial charge in [-0.05, 0) is 148 Å². The Morgan fingerprint density at radius 1 is 0.368 bits per heavy atom. The summed E-state index contributed by atoms with van der Waals surface area (Å²) in [6.07, 6.45) is -71.2. The van der Waals surface area contributed by atoms with Crippen LogP contribution in [0.15, 0.2) is 93.4 Å². The number of halogens is 4. The van der Waals surface area contributed by atoms with E-state index in [0.29, 0.717) is 69.0 Å². The lowest BCUT2D eigenvalue weighted by molar-refractivity contribution is -0.0629. The summed E-state index contributed by atoms with van der Waals surface area (Å²) in [5.74, 6) is -6.76. The van der Waals surface area contributed by atoms with Crippen molar-refractivity contribution in [3.63, 3.8) is 0 Å². The van der Waals surface area contributed by atoms with Gasteiger partial charge >= 0.3 is 0 Å². The summed E-state index contributed by atoms with van der Waals surface area (Å²) in [6, 6.07) is -6.61. The summed E-state index contributed by atoms with van der Waals surface area (Å²) >= 11 is 3.24. The van der Waals surface area contributed by atoms with E-state index < -0.39 is 328 Å². The molecule has 4 aromatic carbocycles. The first-order valence-corrected chi connectivity index (χ1v) is 47.4. The first-order valence-electron chi connectivity index (χ1n) is 66.6. The Morgan fingerprint density at radius 2 is 0.667 bits per heavy atom. The fraction of sp³-hybridized carbons (Fsp3) is 0.583. The summed E-state index contributed by atoms with van der Waals surface area (Å²) in [4.78, 5) is 33.9. The molecule has 8 saturated carbocycles. The van der Waals surface area contributed by atoms with Crippen LogP contribution in [0.25, 0.3) is 44.7 Å². The van der Waals surface area contributed by atoms with Gasteiger partial charge in [0.05, 0.1) is 139 Å². The number of anilines is 4. The molecule has 0 amide bonds. The lowest BCUT2D eigenvalue weighted by Crippen LogP contribution is -2.33. The maximum Gasteiger partial charge on any atom is 0.191 e. The van der Waals surface area contributed by atoms with Crippen LogP contribution in [-0.4, -0.2) is 334 Å². The van der Waals surface area contributed by atoms with Gasteiger partial charge in [0.25, 0.3) is 0 Å². The predicted octanol–water partition coefficient (Wildman–Crippen LogP) is 8.73. The maximum absolute atomic E-state index is 14.4. The third-order valence-electron chi connectivity index (χ3n) is 21.6. The summed E-state index contributed by atoms with van der Waals surface area (Å²) < 4.78 is 464. The van der Waals surface area contributed by atoms with Crippen molar-refractivity contribution in [1.29, 1.82) is 0 Å². The van der Waals surface area contributed by atoms with E-state index in [1.54, 1.807) is 13.0 Å². The van der Waals surface area contributed by atoms with E-state index in [4.69, 9.17) is 77.3 Å².